The number of likely N-dealkylation sites (tertiary alicyclic amines) is 2. The predicted octanol–water partition coefficient (Wildman–Crippen LogP) is 6.13. The Morgan fingerprint density at radius 1 is 0.782 bits per heavy atom. The Morgan fingerprint density at radius 3 is 1.76 bits per heavy atom. The number of aromatic amines is 2. The van der Waals surface area contributed by atoms with Gasteiger partial charge in [0.25, 0.3) is 0 Å². The number of carbonyl (C=O) groups is 4. The van der Waals surface area contributed by atoms with Crippen LogP contribution in [0.2, 0.25) is 0 Å². The summed E-state index contributed by atoms with van der Waals surface area (Å²) in [6, 6.07) is 16.1. The maximum atomic E-state index is 13.8. The second kappa shape index (κ2) is 14.5. The van der Waals surface area contributed by atoms with Crippen molar-refractivity contribution < 1.29 is 29.0 Å². The van der Waals surface area contributed by atoms with E-state index in [1.165, 1.54) is 7.11 Å². The summed E-state index contributed by atoms with van der Waals surface area (Å²) in [6.07, 6.45) is 5.97. The Balaban J connectivity index is 0.912. The first-order valence-corrected chi connectivity index (χ1v) is 19.2. The van der Waals surface area contributed by atoms with Crippen molar-refractivity contribution in [1.82, 2.24) is 40.4 Å². The molecule has 8 atom stereocenters. The monoisotopic (exact) mass is 748 g/mol. The summed E-state index contributed by atoms with van der Waals surface area (Å²) in [7, 11) is 1.30. The maximum Gasteiger partial charge on any atom is 0.407 e. The lowest BCUT2D eigenvalue weighted by Gasteiger charge is -2.31. The van der Waals surface area contributed by atoms with E-state index < -0.39 is 18.2 Å². The van der Waals surface area contributed by atoms with E-state index in [2.05, 4.69) is 69.1 Å². The van der Waals surface area contributed by atoms with Crippen molar-refractivity contribution in [2.24, 2.45) is 23.7 Å². The van der Waals surface area contributed by atoms with Gasteiger partial charge in [-0.2, -0.15) is 0 Å². The van der Waals surface area contributed by atoms with Crippen molar-refractivity contribution in [2.75, 3.05) is 13.7 Å². The number of aromatic nitrogens is 4. The molecule has 2 saturated heterocycles. The van der Waals surface area contributed by atoms with Gasteiger partial charge in [0.1, 0.15) is 17.7 Å². The zero-order chi connectivity index (χ0) is 38.5. The van der Waals surface area contributed by atoms with Gasteiger partial charge in [-0.3, -0.25) is 9.59 Å². The third-order valence-electron chi connectivity index (χ3n) is 11.8. The van der Waals surface area contributed by atoms with E-state index in [9.17, 15) is 19.2 Å². The van der Waals surface area contributed by atoms with Crippen LogP contribution in [-0.4, -0.2) is 90.6 Å². The van der Waals surface area contributed by atoms with Gasteiger partial charge >= 0.3 is 12.2 Å². The van der Waals surface area contributed by atoms with Gasteiger partial charge in [-0.25, -0.2) is 19.6 Å². The number of nitrogens with zero attached hydrogens (tertiary/aromatic N) is 4. The normalized spacial score (nSPS) is 24.5. The third-order valence-corrected chi connectivity index (χ3v) is 11.8. The number of alkyl carbamates (subject to hydrolysis) is 1. The minimum atomic E-state index is -1.08. The van der Waals surface area contributed by atoms with Crippen molar-refractivity contribution in [3.63, 3.8) is 0 Å². The topological polar surface area (TPSA) is 186 Å². The van der Waals surface area contributed by atoms with E-state index in [4.69, 9.17) is 19.8 Å². The number of rotatable bonds is 12. The summed E-state index contributed by atoms with van der Waals surface area (Å²) in [5, 5.41) is 14.0. The lowest BCUT2D eigenvalue weighted by molar-refractivity contribution is -0.137. The predicted molar refractivity (Wildman–Crippen MR) is 203 cm³/mol. The molecule has 288 valence electrons. The molecule has 55 heavy (non-hydrogen) atoms. The standard InChI is InChI=1S/C41H48N8O6/c1-21(2)36(47-41(54)55-4)39(51)49-32-15-28(32)17-34(49)38-43-20-30(46-38)26-11-7-24(8-12-26)23-5-9-25(10-6-23)29-19-42-37(45-29)33-16-27-14-31(27)48(33)35(50)13-22(3)18-44-40(52)53/h5-12,19-22,27-28,31-34,36,44H,13-18H2,1-4H3,(H,42,45)(H,43,46)(H,47,54)(H,52,53)/t22?,27-,28+,31-,32-,33-,34-,36+/m0/s1. The molecule has 1 unspecified atom stereocenters. The van der Waals surface area contributed by atoms with Crippen LogP contribution in [-0.2, 0) is 14.3 Å². The molecule has 2 saturated carbocycles. The van der Waals surface area contributed by atoms with Crippen LogP contribution in [0.5, 0.6) is 0 Å². The van der Waals surface area contributed by atoms with Gasteiger partial charge in [0, 0.05) is 25.0 Å². The quantitative estimate of drug-likeness (QED) is 0.115. The van der Waals surface area contributed by atoms with E-state index >= 15 is 0 Å². The number of H-pyrrole nitrogens is 2. The average Bonchev–Trinajstić information content (AvgIpc) is 3.77. The lowest BCUT2D eigenvalue weighted by Crippen LogP contribution is -2.52. The van der Waals surface area contributed by atoms with Gasteiger partial charge in [-0.05, 0) is 71.6 Å². The number of carbonyl (C=O) groups excluding carboxylic acids is 3. The molecule has 14 nitrogen and oxygen atoms in total. The molecule has 5 N–H and O–H groups in total. The van der Waals surface area contributed by atoms with E-state index in [0.29, 0.717) is 18.3 Å². The molecule has 4 aliphatic rings. The smallest absolute Gasteiger partial charge is 0.407 e. The molecule has 0 bridgehead atoms. The highest BCUT2D eigenvalue weighted by Gasteiger charge is 2.57. The van der Waals surface area contributed by atoms with Gasteiger partial charge < -0.3 is 40.2 Å². The van der Waals surface area contributed by atoms with Crippen molar-refractivity contribution in [1.29, 1.82) is 0 Å². The molecule has 2 aromatic carbocycles. The second-order valence-electron chi connectivity index (χ2n) is 16.0. The molecule has 2 aliphatic carbocycles. The van der Waals surface area contributed by atoms with Gasteiger partial charge in [0.05, 0.1) is 43.0 Å². The Kier molecular flexibility index (Phi) is 9.60. The number of carboxylic acid groups (broad SMARTS) is 1. The molecular weight excluding hydrogens is 701 g/mol. The second-order valence-corrected chi connectivity index (χ2v) is 16.0. The molecule has 4 amide bonds. The Labute approximate surface area is 319 Å². The van der Waals surface area contributed by atoms with Gasteiger partial charge in [-0.1, -0.05) is 69.3 Å². The van der Waals surface area contributed by atoms with Crippen molar-refractivity contribution in [2.45, 2.75) is 83.1 Å². The summed E-state index contributed by atoms with van der Waals surface area (Å²) in [4.78, 5) is 70.3. The van der Waals surface area contributed by atoms with E-state index in [0.717, 1.165) is 71.0 Å². The number of imidazole rings is 2. The summed E-state index contributed by atoms with van der Waals surface area (Å²) in [5.74, 6) is 2.24. The number of fused-ring (bicyclic) bond motifs is 2. The van der Waals surface area contributed by atoms with Gasteiger partial charge in [0.2, 0.25) is 11.8 Å². The summed E-state index contributed by atoms with van der Waals surface area (Å²) < 4.78 is 4.79. The molecule has 2 aliphatic heterocycles. The van der Waals surface area contributed by atoms with Crippen LogP contribution in [0.1, 0.15) is 76.6 Å². The molecule has 8 rings (SSSR count). The van der Waals surface area contributed by atoms with Crippen LogP contribution in [0.15, 0.2) is 60.9 Å². The lowest BCUT2D eigenvalue weighted by atomic mass is 10.0. The fourth-order valence-corrected chi connectivity index (χ4v) is 8.66. The summed E-state index contributed by atoms with van der Waals surface area (Å²) in [5.41, 5.74) is 5.88. The first-order valence-electron chi connectivity index (χ1n) is 19.2. The molecule has 14 heteroatoms. The van der Waals surface area contributed by atoms with E-state index in [1.54, 1.807) is 0 Å². The summed E-state index contributed by atoms with van der Waals surface area (Å²) in [6.45, 7) is 5.97. The SMILES string of the molecule is COC(=O)N[C@@H](C(=O)N1[C@H](c2ncc(-c3ccc(-c4ccc(-c5cnc([C@@H]6C[C@@H]7C[C@@H]7N6C(=O)CC(C)CNC(=O)O)[nH]5)cc4)cc3)[nH]2)C[C@H]2C[C@@H]21)C(C)C. The number of hydrogen-bond acceptors (Lipinski definition) is 7. The molecule has 0 spiro atoms. The van der Waals surface area contributed by atoms with Gasteiger partial charge in [-0.15, -0.1) is 0 Å². The zero-order valence-corrected chi connectivity index (χ0v) is 31.5. The van der Waals surface area contributed by atoms with E-state index in [-0.39, 0.29) is 54.4 Å². The average molecular weight is 749 g/mol. The highest BCUT2D eigenvalue weighted by molar-refractivity contribution is 5.87. The maximum absolute atomic E-state index is 13.8. The molecule has 4 heterocycles. The van der Waals surface area contributed by atoms with Crippen LogP contribution in [0.4, 0.5) is 9.59 Å². The number of methoxy groups -OCH3 is 1. The highest BCUT2D eigenvalue weighted by atomic mass is 16.5. The zero-order valence-electron chi connectivity index (χ0n) is 31.5. The number of ether oxygens (including phenoxy) is 1. The van der Waals surface area contributed by atoms with E-state index in [1.807, 2.05) is 43.0 Å². The highest BCUT2D eigenvalue weighted by Crippen LogP contribution is 2.54. The number of amides is 4. The van der Waals surface area contributed by atoms with Crippen LogP contribution in [0.25, 0.3) is 33.6 Å². The van der Waals surface area contributed by atoms with Crippen LogP contribution in [0.3, 0.4) is 0 Å². The fourth-order valence-electron chi connectivity index (χ4n) is 8.66. The molecule has 2 aromatic heterocycles. The fraction of sp³-hybridized carbons (Fsp3) is 0.463. The molecule has 0 radical (unpaired) electrons. The number of benzene rings is 2. The number of hydrogen-bond donors (Lipinski definition) is 5. The minimum absolute atomic E-state index is 0.0471. The first kappa shape index (κ1) is 36.3. The minimum Gasteiger partial charge on any atom is -0.465 e. The van der Waals surface area contributed by atoms with Crippen LogP contribution in [0, 0.1) is 23.7 Å². The Hall–Kier alpha value is -5.66. The van der Waals surface area contributed by atoms with Crippen molar-refractivity contribution in [3.05, 3.63) is 72.6 Å². The molecular formula is C41H48N8O6. The number of nitrogens with one attached hydrogen (secondary N) is 4. The van der Waals surface area contributed by atoms with Gasteiger partial charge in [0.15, 0.2) is 0 Å². The van der Waals surface area contributed by atoms with Crippen LogP contribution >= 0.6 is 0 Å². The van der Waals surface area contributed by atoms with Crippen molar-refractivity contribution >= 4 is 24.0 Å². The number of piperidine rings is 2. The van der Waals surface area contributed by atoms with Crippen LogP contribution < -0.4 is 10.6 Å². The summed E-state index contributed by atoms with van der Waals surface area (Å²) >= 11 is 0. The molecule has 4 aromatic rings. The first-order chi connectivity index (χ1) is 26.5. The third kappa shape index (κ3) is 7.29. The Bertz CT molecular complexity index is 2080. The molecule has 4 fully saturated rings. The largest absolute Gasteiger partial charge is 0.465 e. The Morgan fingerprint density at radius 2 is 1.27 bits per heavy atom. The van der Waals surface area contributed by atoms with Crippen molar-refractivity contribution in [3.8, 4) is 33.6 Å².